The molecule has 114 valence electrons. The van der Waals surface area contributed by atoms with Crippen molar-refractivity contribution in [3.8, 4) is 0 Å². The van der Waals surface area contributed by atoms with Crippen LogP contribution in [-0.4, -0.2) is 24.1 Å². The number of amides is 2. The van der Waals surface area contributed by atoms with E-state index >= 15 is 0 Å². The van der Waals surface area contributed by atoms with Crippen LogP contribution < -0.4 is 10.6 Å². The molecule has 1 aliphatic carbocycles. The van der Waals surface area contributed by atoms with E-state index in [1.807, 2.05) is 44.2 Å². The first-order valence-corrected chi connectivity index (χ1v) is 7.34. The first-order valence-electron chi connectivity index (χ1n) is 7.34. The quantitative estimate of drug-likeness (QED) is 0.844. The van der Waals surface area contributed by atoms with Gasteiger partial charge in [-0.15, -0.1) is 0 Å². The maximum Gasteiger partial charge on any atom is 0.408 e. The Hall–Kier alpha value is -2.04. The van der Waals surface area contributed by atoms with E-state index in [4.69, 9.17) is 4.74 Å². The molecule has 0 saturated heterocycles. The van der Waals surface area contributed by atoms with Gasteiger partial charge in [0.2, 0.25) is 5.91 Å². The summed E-state index contributed by atoms with van der Waals surface area (Å²) in [5.74, 6) is -0.128. The maximum absolute atomic E-state index is 12.1. The van der Waals surface area contributed by atoms with Crippen molar-refractivity contribution in [2.24, 2.45) is 5.92 Å². The molecule has 2 rings (SSSR count). The lowest BCUT2D eigenvalue weighted by atomic mass is 10.0. The summed E-state index contributed by atoms with van der Waals surface area (Å²) < 4.78 is 5.15. The van der Waals surface area contributed by atoms with E-state index in [0.717, 1.165) is 18.4 Å². The lowest BCUT2D eigenvalue weighted by Crippen LogP contribution is -2.50. The molecule has 1 aromatic rings. The number of carbonyl (C=O) groups is 2. The Kier molecular flexibility index (Phi) is 5.20. The Morgan fingerprint density at radius 3 is 2.48 bits per heavy atom. The van der Waals surface area contributed by atoms with E-state index in [-0.39, 0.29) is 24.5 Å². The summed E-state index contributed by atoms with van der Waals surface area (Å²) in [7, 11) is 0. The lowest BCUT2D eigenvalue weighted by Gasteiger charge is -2.21. The molecule has 1 aliphatic rings. The van der Waals surface area contributed by atoms with Gasteiger partial charge >= 0.3 is 6.09 Å². The van der Waals surface area contributed by atoms with Crippen molar-refractivity contribution < 1.29 is 14.3 Å². The predicted molar refractivity (Wildman–Crippen MR) is 79.6 cm³/mol. The molecule has 0 bridgehead atoms. The second-order valence-electron chi connectivity index (χ2n) is 5.71. The van der Waals surface area contributed by atoms with Crippen molar-refractivity contribution in [2.75, 3.05) is 0 Å². The highest BCUT2D eigenvalue weighted by Crippen LogP contribution is 2.19. The monoisotopic (exact) mass is 290 g/mol. The summed E-state index contributed by atoms with van der Waals surface area (Å²) >= 11 is 0. The highest BCUT2D eigenvalue weighted by atomic mass is 16.5. The van der Waals surface area contributed by atoms with Crippen molar-refractivity contribution in [3.05, 3.63) is 35.9 Å². The Balaban J connectivity index is 1.81. The fraction of sp³-hybridized carbons (Fsp3) is 0.500. The van der Waals surface area contributed by atoms with Crippen molar-refractivity contribution >= 4 is 12.0 Å². The van der Waals surface area contributed by atoms with Gasteiger partial charge < -0.3 is 15.4 Å². The minimum Gasteiger partial charge on any atom is -0.445 e. The summed E-state index contributed by atoms with van der Waals surface area (Å²) in [4.78, 5) is 23.9. The fourth-order valence-electron chi connectivity index (χ4n) is 1.95. The van der Waals surface area contributed by atoms with Crippen molar-refractivity contribution in [1.29, 1.82) is 0 Å². The highest BCUT2D eigenvalue weighted by Gasteiger charge is 2.30. The summed E-state index contributed by atoms with van der Waals surface area (Å²) in [6, 6.07) is 9.16. The maximum atomic E-state index is 12.1. The summed E-state index contributed by atoms with van der Waals surface area (Å²) in [5.41, 5.74) is 0.913. The molecule has 0 unspecified atom stereocenters. The molecule has 2 amide bonds. The van der Waals surface area contributed by atoms with Gasteiger partial charge in [0.05, 0.1) is 0 Å². The van der Waals surface area contributed by atoms with Crippen LogP contribution in [0, 0.1) is 5.92 Å². The first kappa shape index (κ1) is 15.4. The summed E-state index contributed by atoms with van der Waals surface area (Å²) in [6.07, 6.45) is 1.48. The smallest absolute Gasteiger partial charge is 0.408 e. The number of alkyl carbamates (subject to hydrolysis) is 1. The molecule has 2 N–H and O–H groups in total. The number of hydrogen-bond acceptors (Lipinski definition) is 3. The van der Waals surface area contributed by atoms with Gasteiger partial charge in [0, 0.05) is 6.04 Å². The fourth-order valence-corrected chi connectivity index (χ4v) is 1.95. The lowest BCUT2D eigenvalue weighted by molar-refractivity contribution is -0.124. The number of benzene rings is 1. The molecule has 5 nitrogen and oxygen atoms in total. The van der Waals surface area contributed by atoms with Gasteiger partial charge in [-0.25, -0.2) is 4.79 Å². The number of carbonyl (C=O) groups excluding carboxylic acids is 2. The molecule has 1 atom stereocenters. The van der Waals surface area contributed by atoms with Gasteiger partial charge in [-0.2, -0.15) is 0 Å². The topological polar surface area (TPSA) is 67.4 Å². The molecule has 0 aromatic heterocycles. The zero-order valence-corrected chi connectivity index (χ0v) is 12.5. The average molecular weight is 290 g/mol. The third kappa shape index (κ3) is 5.10. The standard InChI is InChI=1S/C16H22N2O3/c1-11(2)14(15(19)17-13-8-9-13)18-16(20)21-10-12-6-4-3-5-7-12/h3-7,11,13-14H,8-10H2,1-2H3,(H,17,19)(H,18,20)/t14-/m0/s1. The van der Waals surface area contributed by atoms with Gasteiger partial charge in [-0.1, -0.05) is 44.2 Å². The van der Waals surface area contributed by atoms with Gasteiger partial charge in [-0.05, 0) is 24.3 Å². The number of hydrogen-bond donors (Lipinski definition) is 2. The van der Waals surface area contributed by atoms with Crippen LogP contribution in [0.15, 0.2) is 30.3 Å². The van der Waals surface area contributed by atoms with Crippen molar-refractivity contribution in [2.45, 2.75) is 45.4 Å². The minimum absolute atomic E-state index is 0.00743. The van der Waals surface area contributed by atoms with E-state index < -0.39 is 12.1 Å². The van der Waals surface area contributed by atoms with Crippen LogP contribution in [0.2, 0.25) is 0 Å². The van der Waals surface area contributed by atoms with Gasteiger partial charge in [0.1, 0.15) is 12.6 Å². The predicted octanol–water partition coefficient (Wildman–Crippen LogP) is 2.22. The highest BCUT2D eigenvalue weighted by molar-refractivity contribution is 5.86. The molecular weight excluding hydrogens is 268 g/mol. The van der Waals surface area contributed by atoms with Crippen LogP contribution in [0.1, 0.15) is 32.3 Å². The molecule has 1 aromatic carbocycles. The number of rotatable bonds is 6. The van der Waals surface area contributed by atoms with Crippen molar-refractivity contribution in [1.82, 2.24) is 10.6 Å². The molecule has 0 spiro atoms. The SMILES string of the molecule is CC(C)[C@H](NC(=O)OCc1ccccc1)C(=O)NC1CC1. The van der Waals surface area contributed by atoms with E-state index in [1.54, 1.807) is 0 Å². The Morgan fingerprint density at radius 2 is 1.90 bits per heavy atom. The van der Waals surface area contributed by atoms with Crippen LogP contribution in [0.25, 0.3) is 0 Å². The van der Waals surface area contributed by atoms with Crippen LogP contribution >= 0.6 is 0 Å². The minimum atomic E-state index is -0.566. The molecular formula is C16H22N2O3. The van der Waals surface area contributed by atoms with E-state index in [2.05, 4.69) is 10.6 Å². The number of nitrogens with one attached hydrogen (secondary N) is 2. The Labute approximate surface area is 125 Å². The Morgan fingerprint density at radius 1 is 1.24 bits per heavy atom. The zero-order valence-electron chi connectivity index (χ0n) is 12.5. The zero-order chi connectivity index (χ0) is 15.2. The third-order valence-corrected chi connectivity index (χ3v) is 3.36. The van der Waals surface area contributed by atoms with E-state index in [0.29, 0.717) is 0 Å². The molecule has 0 aliphatic heterocycles. The van der Waals surface area contributed by atoms with Gasteiger partial charge in [-0.3, -0.25) is 4.79 Å². The number of ether oxygens (including phenoxy) is 1. The molecule has 0 heterocycles. The summed E-state index contributed by atoms with van der Waals surface area (Å²) in [5, 5.41) is 5.55. The first-order chi connectivity index (χ1) is 10.1. The molecule has 21 heavy (non-hydrogen) atoms. The van der Waals surface area contributed by atoms with E-state index in [1.165, 1.54) is 0 Å². The van der Waals surface area contributed by atoms with Crippen LogP contribution in [0.5, 0.6) is 0 Å². The second kappa shape index (κ2) is 7.11. The normalized spacial score (nSPS) is 15.4. The Bertz CT molecular complexity index is 484. The summed E-state index contributed by atoms with van der Waals surface area (Å²) in [6.45, 7) is 3.99. The molecule has 1 fully saturated rings. The van der Waals surface area contributed by atoms with Crippen molar-refractivity contribution in [3.63, 3.8) is 0 Å². The van der Waals surface area contributed by atoms with Crippen LogP contribution in [-0.2, 0) is 16.1 Å². The molecule has 1 saturated carbocycles. The van der Waals surface area contributed by atoms with Gasteiger partial charge in [0.25, 0.3) is 0 Å². The molecule has 5 heteroatoms. The van der Waals surface area contributed by atoms with Crippen LogP contribution in [0.4, 0.5) is 4.79 Å². The average Bonchev–Trinajstić information content (AvgIpc) is 3.27. The van der Waals surface area contributed by atoms with Gasteiger partial charge in [0.15, 0.2) is 0 Å². The van der Waals surface area contributed by atoms with Crippen LogP contribution in [0.3, 0.4) is 0 Å². The largest absolute Gasteiger partial charge is 0.445 e. The molecule has 0 radical (unpaired) electrons. The third-order valence-electron chi connectivity index (χ3n) is 3.36. The second-order valence-corrected chi connectivity index (χ2v) is 5.71. The van der Waals surface area contributed by atoms with E-state index in [9.17, 15) is 9.59 Å².